The standard InChI is InChI=1S/C55H47BN2/c1-41-19-12-14-29-52(41)46-21-7-3-6-20-45(39-46)42(2)57(48-24-8-4-9-25-48)50-28-18-23-43(32-35-50)44-33-36-51(37-34-44)58(49-26-10-5-11-27-49)55-40-47-22-13-15-30-53(47)56-38-17-16-31-54(55)56/h3-5,7-38,40,43,54H,2,6,39H2,1H3/b7-3?,45-20+,46-21+. The Balaban J connectivity index is 1.01. The molecule has 9 rings (SSSR count). The van der Waals surface area contributed by atoms with E-state index < -0.39 is 0 Å². The highest BCUT2D eigenvalue weighted by Gasteiger charge is 2.36. The zero-order valence-corrected chi connectivity index (χ0v) is 33.0. The Kier molecular flexibility index (Phi) is 10.6. The van der Waals surface area contributed by atoms with Gasteiger partial charge in [-0.15, -0.1) is 5.98 Å². The van der Waals surface area contributed by atoms with E-state index in [1.807, 2.05) is 0 Å². The Morgan fingerprint density at radius 2 is 1.40 bits per heavy atom. The lowest BCUT2D eigenvalue weighted by atomic mass is 9.33. The smallest absolute Gasteiger partial charge is 0.214 e. The van der Waals surface area contributed by atoms with Crippen molar-refractivity contribution in [3.05, 3.63) is 264 Å². The summed E-state index contributed by atoms with van der Waals surface area (Å²) in [5, 5.41) is 0. The molecule has 0 fully saturated rings. The van der Waals surface area contributed by atoms with Crippen molar-refractivity contribution < 1.29 is 0 Å². The maximum Gasteiger partial charge on any atom is 0.214 e. The van der Waals surface area contributed by atoms with Gasteiger partial charge in [-0.25, -0.2) is 0 Å². The van der Waals surface area contributed by atoms with Crippen molar-refractivity contribution in [2.75, 3.05) is 9.80 Å². The highest BCUT2D eigenvalue weighted by molar-refractivity contribution is 6.81. The fraction of sp³-hybridized carbons (Fsp3) is 0.0909. The van der Waals surface area contributed by atoms with Gasteiger partial charge < -0.3 is 9.80 Å². The predicted molar refractivity (Wildman–Crippen MR) is 250 cm³/mol. The largest absolute Gasteiger partial charge is 0.314 e. The summed E-state index contributed by atoms with van der Waals surface area (Å²) >= 11 is 0. The number of para-hydroxylation sites is 2. The van der Waals surface area contributed by atoms with E-state index >= 15 is 0 Å². The zero-order valence-electron chi connectivity index (χ0n) is 33.0. The Hall–Kier alpha value is -6.84. The first-order valence-corrected chi connectivity index (χ1v) is 20.4. The normalized spacial score (nSPS) is 19.8. The van der Waals surface area contributed by atoms with Crippen LogP contribution in [-0.2, 0) is 0 Å². The van der Waals surface area contributed by atoms with Gasteiger partial charge in [0.15, 0.2) is 0 Å². The lowest BCUT2D eigenvalue weighted by Crippen LogP contribution is -2.42. The van der Waals surface area contributed by atoms with Gasteiger partial charge in [0, 0.05) is 45.9 Å². The third kappa shape index (κ3) is 7.52. The molecule has 0 bridgehead atoms. The summed E-state index contributed by atoms with van der Waals surface area (Å²) in [6.07, 6.45) is 31.1. The first kappa shape index (κ1) is 36.8. The van der Waals surface area contributed by atoms with Crippen molar-refractivity contribution in [2.45, 2.75) is 31.5 Å². The van der Waals surface area contributed by atoms with Gasteiger partial charge >= 0.3 is 0 Å². The van der Waals surface area contributed by atoms with Crippen molar-refractivity contribution in [2.24, 2.45) is 0 Å². The van der Waals surface area contributed by atoms with Gasteiger partial charge in [0.05, 0.1) is 0 Å². The summed E-state index contributed by atoms with van der Waals surface area (Å²) < 4.78 is 0. The van der Waals surface area contributed by atoms with Crippen molar-refractivity contribution in [3.63, 3.8) is 0 Å². The lowest BCUT2D eigenvalue weighted by Gasteiger charge is -2.38. The van der Waals surface area contributed by atoms with E-state index in [2.05, 4.69) is 235 Å². The molecule has 0 spiro atoms. The first-order chi connectivity index (χ1) is 28.6. The van der Waals surface area contributed by atoms with Crippen LogP contribution in [0.4, 0.5) is 17.1 Å². The minimum atomic E-state index is 0.108. The van der Waals surface area contributed by atoms with E-state index in [9.17, 15) is 0 Å². The van der Waals surface area contributed by atoms with Crippen molar-refractivity contribution in [1.29, 1.82) is 0 Å². The van der Waals surface area contributed by atoms with Crippen LogP contribution in [0.3, 0.4) is 0 Å². The number of hydrogen-bond acceptors (Lipinski definition) is 2. The average molecular weight is 747 g/mol. The van der Waals surface area contributed by atoms with E-state index in [1.54, 1.807) is 0 Å². The summed E-state index contributed by atoms with van der Waals surface area (Å²) in [5.41, 5.74) is 15.7. The molecule has 2 unspecified atom stereocenters. The summed E-state index contributed by atoms with van der Waals surface area (Å²) in [4.78, 5) is 4.76. The van der Waals surface area contributed by atoms with Crippen LogP contribution in [0.5, 0.6) is 0 Å². The van der Waals surface area contributed by atoms with Gasteiger partial charge in [0.2, 0.25) is 6.71 Å². The molecule has 2 atom stereocenters. The molecule has 2 heterocycles. The van der Waals surface area contributed by atoms with Crippen LogP contribution < -0.4 is 15.3 Å². The van der Waals surface area contributed by atoms with Crippen LogP contribution in [0, 0.1) is 6.92 Å². The quantitative estimate of drug-likeness (QED) is 0.139. The van der Waals surface area contributed by atoms with Gasteiger partial charge in [-0.3, -0.25) is 0 Å². The maximum atomic E-state index is 4.78. The lowest BCUT2D eigenvalue weighted by molar-refractivity contribution is 1.05. The van der Waals surface area contributed by atoms with Gasteiger partial charge in [-0.2, -0.15) is 0 Å². The van der Waals surface area contributed by atoms with Crippen LogP contribution in [-0.4, -0.2) is 6.71 Å². The molecular formula is C55H47BN2. The number of allylic oxidation sites excluding steroid dienone is 14. The minimum absolute atomic E-state index is 0.108. The second kappa shape index (κ2) is 16.7. The SMILES string of the molecule is C=C(/C1=C/CC=C/C=C(/c2ccccc2C)C1)N(C1=CC=CC(c2ccc(N(C3=Cc4ccccc4B4C=CC=CC43)c3ccccc3)cc2)C=C1)c1ccccc1. The minimum Gasteiger partial charge on any atom is -0.314 e. The molecule has 0 amide bonds. The highest BCUT2D eigenvalue weighted by atomic mass is 15.2. The topological polar surface area (TPSA) is 6.48 Å². The number of rotatable bonds is 9. The molecule has 2 aliphatic heterocycles. The number of fused-ring (bicyclic) bond motifs is 3. The second-order valence-electron chi connectivity index (χ2n) is 15.3. The van der Waals surface area contributed by atoms with Crippen LogP contribution in [0.2, 0.25) is 5.82 Å². The molecular weight excluding hydrogens is 699 g/mol. The molecule has 3 heteroatoms. The van der Waals surface area contributed by atoms with E-state index in [0.717, 1.165) is 41.3 Å². The summed E-state index contributed by atoms with van der Waals surface area (Å²) in [6.45, 7) is 7.27. The van der Waals surface area contributed by atoms with Crippen molar-refractivity contribution in [3.8, 4) is 0 Å². The predicted octanol–water partition coefficient (Wildman–Crippen LogP) is 13.4. The third-order valence-electron chi connectivity index (χ3n) is 11.7. The van der Waals surface area contributed by atoms with Gasteiger partial charge in [0.1, 0.15) is 0 Å². The summed E-state index contributed by atoms with van der Waals surface area (Å²) in [5.74, 6) is 2.70. The van der Waals surface area contributed by atoms with Crippen LogP contribution in [0.15, 0.2) is 242 Å². The van der Waals surface area contributed by atoms with Gasteiger partial charge in [-0.1, -0.05) is 170 Å². The maximum absolute atomic E-state index is 4.78. The van der Waals surface area contributed by atoms with Gasteiger partial charge in [-0.05, 0) is 108 Å². The molecule has 58 heavy (non-hydrogen) atoms. The summed E-state index contributed by atoms with van der Waals surface area (Å²) in [7, 11) is 0. The molecule has 0 aromatic heterocycles. The van der Waals surface area contributed by atoms with E-state index in [0.29, 0.717) is 6.71 Å². The molecule has 2 nitrogen and oxygen atoms in total. The molecule has 4 aliphatic rings. The molecule has 280 valence electrons. The number of hydrogen-bond donors (Lipinski definition) is 0. The monoisotopic (exact) mass is 746 g/mol. The fourth-order valence-electron chi connectivity index (χ4n) is 8.77. The molecule has 5 aromatic rings. The van der Waals surface area contributed by atoms with Crippen molar-refractivity contribution >= 4 is 40.9 Å². The molecule has 0 saturated heterocycles. The highest BCUT2D eigenvalue weighted by Crippen LogP contribution is 2.42. The van der Waals surface area contributed by atoms with E-state index in [1.165, 1.54) is 44.6 Å². The number of benzene rings is 5. The van der Waals surface area contributed by atoms with E-state index in [4.69, 9.17) is 6.58 Å². The number of anilines is 3. The third-order valence-corrected chi connectivity index (χ3v) is 11.7. The second-order valence-corrected chi connectivity index (χ2v) is 15.3. The fourth-order valence-corrected chi connectivity index (χ4v) is 8.77. The molecule has 0 radical (unpaired) electrons. The van der Waals surface area contributed by atoms with E-state index in [-0.39, 0.29) is 11.7 Å². The molecule has 0 saturated carbocycles. The molecule has 0 N–H and O–H groups in total. The number of aryl methyl sites for hydroxylation is 1. The number of nitrogens with zero attached hydrogens (tertiary/aromatic N) is 2. The summed E-state index contributed by atoms with van der Waals surface area (Å²) in [6, 6.07) is 48.1. The Bertz CT molecular complexity index is 2600. The molecule has 2 aliphatic carbocycles. The van der Waals surface area contributed by atoms with Crippen LogP contribution >= 0.6 is 0 Å². The molecule has 5 aromatic carbocycles. The zero-order chi connectivity index (χ0) is 39.3. The Morgan fingerprint density at radius 1 is 0.672 bits per heavy atom. The van der Waals surface area contributed by atoms with Crippen molar-refractivity contribution in [1.82, 2.24) is 0 Å². The van der Waals surface area contributed by atoms with Gasteiger partial charge in [0.25, 0.3) is 0 Å². The van der Waals surface area contributed by atoms with Crippen LogP contribution in [0.1, 0.15) is 41.0 Å². The Morgan fingerprint density at radius 3 is 2.21 bits per heavy atom. The Labute approximate surface area is 344 Å². The van der Waals surface area contributed by atoms with Crippen LogP contribution in [0.25, 0.3) is 11.6 Å². The first-order valence-electron chi connectivity index (χ1n) is 20.4. The average Bonchev–Trinajstić information content (AvgIpc) is 3.51.